The highest BCUT2D eigenvalue weighted by molar-refractivity contribution is 7.13. The summed E-state index contributed by atoms with van der Waals surface area (Å²) in [5.74, 6) is -2.72. The third-order valence-electron chi connectivity index (χ3n) is 13.1. The minimum absolute atomic E-state index is 0.00373. The molecule has 13 nitrogen and oxygen atoms in total. The topological polar surface area (TPSA) is 158 Å². The van der Waals surface area contributed by atoms with Gasteiger partial charge in [-0.1, -0.05) is 63.2 Å². The molecule has 3 aromatic carbocycles. The van der Waals surface area contributed by atoms with E-state index in [-0.39, 0.29) is 69.1 Å². The number of amides is 3. The number of aromatic nitrogens is 2. The number of halogens is 3. The van der Waals surface area contributed by atoms with Crippen molar-refractivity contribution in [3.8, 4) is 16.2 Å². The maximum Gasteiger partial charge on any atom is 0.246 e. The number of para-hydroxylation sites is 1. The summed E-state index contributed by atoms with van der Waals surface area (Å²) in [5.41, 5.74) is 4.78. The number of hydrogen-bond acceptors (Lipinski definition) is 10. The highest BCUT2D eigenvalue weighted by Crippen LogP contribution is 2.44. The van der Waals surface area contributed by atoms with Crippen molar-refractivity contribution in [2.24, 2.45) is 5.41 Å². The predicted octanol–water partition coefficient (Wildman–Crippen LogP) is 8.74. The van der Waals surface area contributed by atoms with E-state index in [2.05, 4.69) is 20.6 Å². The van der Waals surface area contributed by atoms with E-state index < -0.39 is 58.8 Å². The van der Waals surface area contributed by atoms with Gasteiger partial charge >= 0.3 is 0 Å². The number of carbonyl (C=O) groups is 3. The van der Waals surface area contributed by atoms with Gasteiger partial charge in [0.15, 0.2) is 0 Å². The Bertz CT molecular complexity index is 2590. The SMILES string of the molecule is Cc1ncsc1-c1ccc(CNC(=O)[C@@H]2C[C@@H](O)CN2C(=O)C(NC(=O)COCCCOCCCCCOc2cc(F)c([C@@H]3c4[nH]c5ccccc5c4C[C@@H](C)N3CC(C)(C)F)c(F)c2)C(C)(C)C)cc1. The number of rotatable bonds is 22. The molecule has 0 bridgehead atoms. The number of nitrogens with zero attached hydrogens (tertiary/aromatic N) is 3. The summed E-state index contributed by atoms with van der Waals surface area (Å²) in [6.07, 6.45) is 2.49. The van der Waals surface area contributed by atoms with E-state index in [0.29, 0.717) is 38.2 Å². The van der Waals surface area contributed by atoms with Gasteiger partial charge in [0.05, 0.1) is 34.8 Å². The summed E-state index contributed by atoms with van der Waals surface area (Å²) in [5, 5.41) is 17.3. The maximum absolute atomic E-state index is 16.0. The van der Waals surface area contributed by atoms with Crippen LogP contribution in [0.3, 0.4) is 0 Å². The molecule has 5 atom stereocenters. The van der Waals surface area contributed by atoms with Crippen LogP contribution in [0.1, 0.15) is 108 Å². The van der Waals surface area contributed by atoms with E-state index in [4.69, 9.17) is 14.2 Å². The number of alkyl halides is 1. The van der Waals surface area contributed by atoms with Crippen molar-refractivity contribution in [2.75, 3.05) is 46.1 Å². The molecule has 1 unspecified atom stereocenters. The Hall–Kier alpha value is -5.33. The Balaban J connectivity index is 0.792. The van der Waals surface area contributed by atoms with E-state index >= 15 is 13.2 Å². The molecule has 2 aliphatic heterocycles. The van der Waals surface area contributed by atoms with Gasteiger partial charge in [0.2, 0.25) is 17.7 Å². The number of aryl methyl sites for hydroxylation is 1. The Kier molecular flexibility index (Phi) is 17.7. The standard InChI is InChI=1S/C54H69F3N6O7S/c1-33-24-40-39-14-9-10-15-43(39)60-47(40)48(63(33)31-54(6,7)57)46-41(55)26-38(27-42(46)56)70-23-12-8-11-20-68-21-13-22-69-30-45(65)61-50(53(3,4)5)52(67)62-29-37(64)25-44(62)51(66)58-28-35-16-18-36(19-17-35)49-34(2)59-32-71-49/h9-10,14-19,26-27,32-33,37,44,48,50,60,64H,8,11-13,20-25,28-31H2,1-7H3,(H,58,66)(H,61,65)/t33-,37-,44+,48-,50?/m1/s1. The first kappa shape index (κ1) is 53.5. The number of likely N-dealkylation sites (tertiary alicyclic amines) is 1. The molecule has 2 aliphatic rings. The molecule has 4 N–H and O–H groups in total. The van der Waals surface area contributed by atoms with Crippen LogP contribution in [0.2, 0.25) is 0 Å². The molecule has 5 aromatic rings. The lowest BCUT2D eigenvalue weighted by Crippen LogP contribution is -2.58. The smallest absolute Gasteiger partial charge is 0.246 e. The van der Waals surface area contributed by atoms with Crippen LogP contribution in [0.15, 0.2) is 66.2 Å². The number of fused-ring (bicyclic) bond motifs is 3. The minimum atomic E-state index is -1.59. The fraction of sp³-hybridized carbons (Fsp3) is 0.519. The van der Waals surface area contributed by atoms with Gasteiger partial charge in [0, 0.05) is 86.2 Å². The molecule has 0 aliphatic carbocycles. The van der Waals surface area contributed by atoms with E-state index in [9.17, 15) is 19.5 Å². The molecule has 1 saturated heterocycles. The summed E-state index contributed by atoms with van der Waals surface area (Å²) < 4.78 is 64.3. The minimum Gasteiger partial charge on any atom is -0.493 e. The van der Waals surface area contributed by atoms with E-state index in [0.717, 1.165) is 51.0 Å². The van der Waals surface area contributed by atoms with Crippen molar-refractivity contribution in [1.82, 2.24) is 30.4 Å². The molecule has 7 rings (SSSR count). The second kappa shape index (κ2) is 23.5. The molecule has 384 valence electrons. The monoisotopic (exact) mass is 1000 g/mol. The molecule has 1 fully saturated rings. The maximum atomic E-state index is 16.0. The molecule has 3 amide bonds. The molecule has 0 saturated carbocycles. The number of β-amino-alcohol motifs (C(OH)–C–C–N with tert-alkyl or cyclic N) is 1. The van der Waals surface area contributed by atoms with Crippen LogP contribution >= 0.6 is 11.3 Å². The quantitative estimate of drug-likeness (QED) is 0.0498. The zero-order valence-corrected chi connectivity index (χ0v) is 42.7. The lowest BCUT2D eigenvalue weighted by molar-refractivity contribution is -0.144. The van der Waals surface area contributed by atoms with Crippen LogP contribution in [0.25, 0.3) is 21.3 Å². The number of unbranched alkanes of at least 4 members (excludes halogenated alkanes) is 2. The highest BCUT2D eigenvalue weighted by atomic mass is 32.1. The fourth-order valence-electron chi connectivity index (χ4n) is 9.59. The second-order valence-corrected chi connectivity index (χ2v) is 21.4. The Labute approximate surface area is 418 Å². The number of aliphatic hydroxyl groups is 1. The number of aliphatic hydroxyl groups excluding tert-OH is 1. The molecular weight excluding hydrogens is 934 g/mol. The normalized spacial score (nSPS) is 18.9. The largest absolute Gasteiger partial charge is 0.493 e. The van der Waals surface area contributed by atoms with Crippen LogP contribution in [-0.2, 0) is 36.8 Å². The van der Waals surface area contributed by atoms with Gasteiger partial charge in [-0.3, -0.25) is 19.3 Å². The number of benzene rings is 3. The van der Waals surface area contributed by atoms with Crippen LogP contribution in [0.5, 0.6) is 5.75 Å². The summed E-state index contributed by atoms with van der Waals surface area (Å²) in [7, 11) is 0. The van der Waals surface area contributed by atoms with Crippen molar-refractivity contribution >= 4 is 40.0 Å². The molecular formula is C54H69F3N6O7S. The Morgan fingerprint density at radius 3 is 2.32 bits per heavy atom. The number of nitrogens with one attached hydrogen (secondary N) is 3. The number of H-pyrrole nitrogens is 1. The van der Waals surface area contributed by atoms with Gasteiger partial charge in [0.1, 0.15) is 41.7 Å². The van der Waals surface area contributed by atoms with Crippen molar-refractivity contribution < 1.29 is 46.9 Å². The Morgan fingerprint density at radius 2 is 1.63 bits per heavy atom. The van der Waals surface area contributed by atoms with Crippen molar-refractivity contribution in [3.05, 3.63) is 106 Å². The van der Waals surface area contributed by atoms with Crippen LogP contribution in [-0.4, -0.2) is 119 Å². The molecule has 71 heavy (non-hydrogen) atoms. The lowest BCUT2D eigenvalue weighted by atomic mass is 9.85. The number of aromatic amines is 1. The van der Waals surface area contributed by atoms with Gasteiger partial charge in [-0.25, -0.2) is 18.2 Å². The van der Waals surface area contributed by atoms with Crippen LogP contribution in [0.4, 0.5) is 13.2 Å². The number of carbonyl (C=O) groups excluding carboxylic acids is 3. The number of ether oxygens (including phenoxy) is 3. The van der Waals surface area contributed by atoms with Crippen molar-refractivity contribution in [1.29, 1.82) is 0 Å². The third kappa shape index (κ3) is 13.6. The molecule has 4 heterocycles. The first-order valence-corrected chi connectivity index (χ1v) is 25.5. The zero-order chi connectivity index (χ0) is 51.0. The van der Waals surface area contributed by atoms with Crippen LogP contribution in [0, 0.1) is 24.0 Å². The average Bonchev–Trinajstić information content (AvgIpc) is 4.03. The summed E-state index contributed by atoms with van der Waals surface area (Å²) in [6.45, 7) is 13.7. The average molecular weight is 1000 g/mol. The lowest BCUT2D eigenvalue weighted by Gasteiger charge is -2.43. The third-order valence-corrected chi connectivity index (χ3v) is 14.1. The molecule has 0 radical (unpaired) electrons. The van der Waals surface area contributed by atoms with Gasteiger partial charge < -0.3 is 39.8 Å². The van der Waals surface area contributed by atoms with E-state index in [1.807, 2.05) is 88.0 Å². The number of hydrogen-bond donors (Lipinski definition) is 4. The molecule has 2 aromatic heterocycles. The molecule has 0 spiro atoms. The van der Waals surface area contributed by atoms with E-state index in [1.165, 1.54) is 30.9 Å². The summed E-state index contributed by atoms with van der Waals surface area (Å²) >= 11 is 1.57. The first-order chi connectivity index (χ1) is 33.8. The highest BCUT2D eigenvalue weighted by Gasteiger charge is 2.45. The molecule has 17 heteroatoms. The first-order valence-electron chi connectivity index (χ1n) is 24.7. The van der Waals surface area contributed by atoms with Gasteiger partial charge in [-0.2, -0.15) is 0 Å². The van der Waals surface area contributed by atoms with Gasteiger partial charge in [0.25, 0.3) is 0 Å². The van der Waals surface area contributed by atoms with E-state index in [1.54, 1.807) is 16.8 Å². The second-order valence-electron chi connectivity index (χ2n) is 20.6. The predicted molar refractivity (Wildman–Crippen MR) is 269 cm³/mol. The van der Waals surface area contributed by atoms with Gasteiger partial charge in [-0.15, -0.1) is 11.3 Å². The van der Waals surface area contributed by atoms with Crippen molar-refractivity contribution in [3.63, 3.8) is 0 Å². The van der Waals surface area contributed by atoms with Gasteiger partial charge in [-0.05, 0) is 88.0 Å². The van der Waals surface area contributed by atoms with Crippen molar-refractivity contribution in [2.45, 2.75) is 129 Å². The fourth-order valence-corrected chi connectivity index (χ4v) is 10.4. The number of thiazole rings is 1. The summed E-state index contributed by atoms with van der Waals surface area (Å²) in [6, 6.07) is 15.1. The summed E-state index contributed by atoms with van der Waals surface area (Å²) in [4.78, 5) is 52.4. The van der Waals surface area contributed by atoms with Crippen LogP contribution < -0.4 is 15.4 Å². The Morgan fingerprint density at radius 1 is 0.944 bits per heavy atom. The zero-order valence-electron chi connectivity index (χ0n) is 41.9.